The van der Waals surface area contributed by atoms with E-state index in [9.17, 15) is 15.0 Å². The zero-order valence-electron chi connectivity index (χ0n) is 19.0. The fourth-order valence-electron chi connectivity index (χ4n) is 4.15. The highest BCUT2D eigenvalue weighted by molar-refractivity contribution is 5.92. The lowest BCUT2D eigenvalue weighted by Crippen LogP contribution is -2.22. The molecule has 0 aliphatic rings. The van der Waals surface area contributed by atoms with Gasteiger partial charge in [-0.3, -0.25) is 0 Å². The van der Waals surface area contributed by atoms with Gasteiger partial charge >= 0.3 is 6.09 Å². The van der Waals surface area contributed by atoms with E-state index in [4.69, 9.17) is 9.84 Å². The summed E-state index contributed by atoms with van der Waals surface area (Å²) in [5, 5.41) is 31.7. The molecule has 1 heterocycles. The number of aromatic nitrogens is 1. The minimum absolute atomic E-state index is 0.218. The molecule has 7 heteroatoms. The molecule has 0 bridgehead atoms. The van der Waals surface area contributed by atoms with Gasteiger partial charge in [-0.05, 0) is 91.1 Å². The summed E-state index contributed by atoms with van der Waals surface area (Å²) in [5.74, 6) is 1.22. The van der Waals surface area contributed by atoms with Crippen molar-refractivity contribution >= 4 is 17.0 Å². The van der Waals surface area contributed by atoms with Crippen LogP contribution in [-0.2, 0) is 6.54 Å². The number of phenolic OH excluding ortho intramolecular Hbond substituents is 2. The number of benzene rings is 3. The number of rotatable bonds is 9. The lowest BCUT2D eigenvalue weighted by atomic mass is 10.1. The molecule has 3 aromatic carbocycles. The van der Waals surface area contributed by atoms with Crippen molar-refractivity contribution in [3.05, 3.63) is 77.9 Å². The van der Waals surface area contributed by atoms with Crippen LogP contribution in [-0.4, -0.2) is 39.1 Å². The second-order valence-electron chi connectivity index (χ2n) is 8.24. The predicted octanol–water partition coefficient (Wildman–Crippen LogP) is 5.50. The number of nitrogens with zero attached hydrogens (tertiary/aromatic N) is 1. The van der Waals surface area contributed by atoms with Gasteiger partial charge in [-0.25, -0.2) is 4.79 Å². The molecular formula is C27H28N2O5. The van der Waals surface area contributed by atoms with Gasteiger partial charge in [0.25, 0.3) is 0 Å². The van der Waals surface area contributed by atoms with E-state index in [1.54, 1.807) is 24.3 Å². The highest BCUT2D eigenvalue weighted by Gasteiger charge is 2.17. The van der Waals surface area contributed by atoms with Crippen molar-refractivity contribution in [1.82, 2.24) is 9.88 Å². The number of hydrogen-bond acceptors (Lipinski definition) is 4. The number of nitrogens with one attached hydrogen (secondary N) is 1. The minimum Gasteiger partial charge on any atom is -0.508 e. The lowest BCUT2D eigenvalue weighted by Gasteiger charge is -2.13. The molecule has 0 unspecified atom stereocenters. The predicted molar refractivity (Wildman–Crippen MR) is 132 cm³/mol. The van der Waals surface area contributed by atoms with Gasteiger partial charge in [0.2, 0.25) is 0 Å². The van der Waals surface area contributed by atoms with Gasteiger partial charge in [-0.1, -0.05) is 12.1 Å². The van der Waals surface area contributed by atoms with E-state index in [0.29, 0.717) is 19.7 Å². The fourth-order valence-corrected chi connectivity index (χ4v) is 4.15. The monoisotopic (exact) mass is 460 g/mol. The van der Waals surface area contributed by atoms with Gasteiger partial charge in [0.1, 0.15) is 17.2 Å². The smallest absolute Gasteiger partial charge is 0.404 e. The molecule has 1 aromatic heterocycles. The van der Waals surface area contributed by atoms with Crippen LogP contribution in [0.2, 0.25) is 0 Å². The average molecular weight is 461 g/mol. The van der Waals surface area contributed by atoms with Crippen molar-refractivity contribution < 1.29 is 24.9 Å². The number of phenols is 2. The molecule has 176 valence electrons. The Hall–Kier alpha value is -4.13. The molecule has 0 saturated carbocycles. The Bertz CT molecular complexity index is 1280. The van der Waals surface area contributed by atoms with Crippen molar-refractivity contribution in [3.63, 3.8) is 0 Å². The molecular weight excluding hydrogens is 432 g/mol. The molecule has 4 rings (SSSR count). The third kappa shape index (κ3) is 5.26. The van der Waals surface area contributed by atoms with Crippen LogP contribution in [0.25, 0.3) is 22.2 Å². The first-order chi connectivity index (χ1) is 16.4. The molecule has 34 heavy (non-hydrogen) atoms. The molecule has 0 aliphatic carbocycles. The SMILES string of the molecule is Cc1c(-c2ccc(O)cc2)n(Cc2ccc(OCCCCNC(=O)O)cc2)c2ccc(O)cc12. The summed E-state index contributed by atoms with van der Waals surface area (Å²) in [4.78, 5) is 10.5. The Morgan fingerprint density at radius 1 is 0.941 bits per heavy atom. The van der Waals surface area contributed by atoms with Crippen molar-refractivity contribution in [3.8, 4) is 28.5 Å². The summed E-state index contributed by atoms with van der Waals surface area (Å²) in [5.41, 5.74) is 5.21. The Morgan fingerprint density at radius 2 is 1.65 bits per heavy atom. The largest absolute Gasteiger partial charge is 0.508 e. The van der Waals surface area contributed by atoms with Crippen LogP contribution < -0.4 is 10.1 Å². The van der Waals surface area contributed by atoms with E-state index >= 15 is 0 Å². The Labute approximate surface area is 197 Å². The first kappa shape index (κ1) is 23.0. The van der Waals surface area contributed by atoms with Gasteiger partial charge < -0.3 is 29.9 Å². The van der Waals surface area contributed by atoms with Gasteiger partial charge in [-0.2, -0.15) is 0 Å². The van der Waals surface area contributed by atoms with E-state index in [1.165, 1.54) is 0 Å². The highest BCUT2D eigenvalue weighted by atomic mass is 16.5. The molecule has 4 N–H and O–H groups in total. The first-order valence-electron chi connectivity index (χ1n) is 11.2. The third-order valence-electron chi connectivity index (χ3n) is 5.82. The van der Waals surface area contributed by atoms with E-state index < -0.39 is 6.09 Å². The molecule has 4 aromatic rings. The van der Waals surface area contributed by atoms with E-state index in [2.05, 4.69) is 9.88 Å². The number of aromatic hydroxyl groups is 2. The number of unbranched alkanes of at least 4 members (excludes halogenated alkanes) is 1. The maximum absolute atomic E-state index is 10.5. The van der Waals surface area contributed by atoms with Crippen molar-refractivity contribution in [2.24, 2.45) is 0 Å². The summed E-state index contributed by atoms with van der Waals surface area (Å²) >= 11 is 0. The minimum atomic E-state index is -1.01. The van der Waals surface area contributed by atoms with E-state index in [1.807, 2.05) is 49.4 Å². The fraction of sp³-hybridized carbons (Fsp3) is 0.222. The number of fused-ring (bicyclic) bond motifs is 1. The zero-order chi connectivity index (χ0) is 24.1. The van der Waals surface area contributed by atoms with E-state index in [-0.39, 0.29) is 11.5 Å². The molecule has 0 fully saturated rings. The number of carbonyl (C=O) groups is 1. The van der Waals surface area contributed by atoms with Crippen LogP contribution in [0.4, 0.5) is 4.79 Å². The highest BCUT2D eigenvalue weighted by Crippen LogP contribution is 2.36. The number of carboxylic acid groups (broad SMARTS) is 1. The number of hydrogen-bond donors (Lipinski definition) is 4. The molecule has 0 spiro atoms. The standard InChI is InChI=1S/C27H28N2O5/c1-18-24-16-22(31)10-13-25(24)29(26(18)20-6-8-21(30)9-7-20)17-19-4-11-23(12-5-19)34-15-3-2-14-28-27(32)33/h4-13,16,28,30-31H,2-3,14-15,17H2,1H3,(H,32,33). The van der Waals surface area contributed by atoms with Crippen molar-refractivity contribution in [2.75, 3.05) is 13.2 Å². The van der Waals surface area contributed by atoms with Crippen molar-refractivity contribution in [1.29, 1.82) is 0 Å². The molecule has 0 aliphatic heterocycles. The summed E-state index contributed by atoms with van der Waals surface area (Å²) < 4.78 is 8.00. The third-order valence-corrected chi connectivity index (χ3v) is 5.82. The molecule has 1 amide bonds. The Balaban J connectivity index is 1.53. The maximum Gasteiger partial charge on any atom is 0.404 e. The van der Waals surface area contributed by atoms with Gasteiger partial charge in [0.15, 0.2) is 0 Å². The summed E-state index contributed by atoms with van der Waals surface area (Å²) in [6.07, 6.45) is 0.479. The first-order valence-corrected chi connectivity index (χ1v) is 11.2. The van der Waals surface area contributed by atoms with Gasteiger partial charge in [0.05, 0.1) is 12.3 Å². The van der Waals surface area contributed by atoms with Crippen LogP contribution >= 0.6 is 0 Å². The molecule has 7 nitrogen and oxygen atoms in total. The lowest BCUT2D eigenvalue weighted by molar-refractivity contribution is 0.194. The van der Waals surface area contributed by atoms with Gasteiger partial charge in [0, 0.05) is 24.0 Å². The van der Waals surface area contributed by atoms with Crippen LogP contribution in [0.1, 0.15) is 24.0 Å². The van der Waals surface area contributed by atoms with Crippen molar-refractivity contribution in [2.45, 2.75) is 26.3 Å². The topological polar surface area (TPSA) is 104 Å². The Morgan fingerprint density at radius 3 is 2.35 bits per heavy atom. The zero-order valence-corrected chi connectivity index (χ0v) is 19.0. The van der Waals surface area contributed by atoms with E-state index in [0.717, 1.165) is 51.9 Å². The van der Waals surface area contributed by atoms with Crippen LogP contribution in [0, 0.1) is 6.92 Å². The average Bonchev–Trinajstić information content (AvgIpc) is 3.08. The summed E-state index contributed by atoms with van der Waals surface area (Å²) in [7, 11) is 0. The number of amides is 1. The second kappa shape index (κ2) is 10.2. The summed E-state index contributed by atoms with van der Waals surface area (Å²) in [6.45, 7) is 3.62. The van der Waals surface area contributed by atoms with Crippen LogP contribution in [0.15, 0.2) is 66.7 Å². The normalized spacial score (nSPS) is 11.0. The van der Waals surface area contributed by atoms with Crippen LogP contribution in [0.5, 0.6) is 17.2 Å². The second-order valence-corrected chi connectivity index (χ2v) is 8.24. The molecule has 0 atom stereocenters. The maximum atomic E-state index is 10.5. The molecule has 0 radical (unpaired) electrons. The van der Waals surface area contributed by atoms with Crippen LogP contribution in [0.3, 0.4) is 0 Å². The number of ether oxygens (including phenoxy) is 1. The molecule has 0 saturated heterocycles. The number of aryl methyl sites for hydroxylation is 1. The summed E-state index contributed by atoms with van der Waals surface area (Å²) in [6, 6.07) is 20.5. The quantitative estimate of drug-likeness (QED) is 0.247. The van der Waals surface area contributed by atoms with Gasteiger partial charge in [-0.15, -0.1) is 0 Å². The Kier molecular flexibility index (Phi) is 6.92.